The lowest BCUT2D eigenvalue weighted by molar-refractivity contribution is 0.164. The highest BCUT2D eigenvalue weighted by Crippen LogP contribution is 2.26. The minimum absolute atomic E-state index is 0.474. The molecule has 0 aliphatic carbocycles. The van der Waals surface area contributed by atoms with Crippen LogP contribution in [0.4, 0.5) is 0 Å². The zero-order chi connectivity index (χ0) is 10.7. The number of aliphatic hydroxyl groups excluding tert-OH is 1. The minimum atomic E-state index is -0.639. The van der Waals surface area contributed by atoms with Crippen LogP contribution in [0.5, 0.6) is 0 Å². The fourth-order valence-electron chi connectivity index (χ4n) is 1.15. The molecule has 0 unspecified atom stereocenters. The fourth-order valence-corrected chi connectivity index (χ4v) is 1.77. The molecule has 0 heterocycles. The first-order valence-corrected chi connectivity index (χ1v) is 4.99. The quantitative estimate of drug-likeness (QED) is 0.844. The van der Waals surface area contributed by atoms with Crippen molar-refractivity contribution in [3.05, 3.63) is 33.8 Å². The first-order valence-electron chi connectivity index (χ1n) is 4.20. The van der Waals surface area contributed by atoms with Gasteiger partial charge in [0, 0.05) is 4.47 Å². The number of rotatable bonds is 2. The lowest BCUT2D eigenvalue weighted by Crippen LogP contribution is -2.23. The first kappa shape index (κ1) is 11.2. The summed E-state index contributed by atoms with van der Waals surface area (Å²) in [5.74, 6) is 0. The molecule has 0 fully saturated rings. The normalized spacial score (nSPS) is 14.5. The fraction of sp³-hybridized carbons (Fsp3) is 0.300. The van der Waals surface area contributed by atoms with Crippen molar-refractivity contribution in [2.75, 3.05) is 0 Å². The maximum atomic E-state index is 9.33. The Morgan fingerprint density at radius 3 is 2.71 bits per heavy atom. The number of halogens is 1. The molecule has 1 aromatic carbocycles. The van der Waals surface area contributed by atoms with Crippen LogP contribution in [0.3, 0.4) is 0 Å². The molecule has 0 bridgehead atoms. The second-order valence-corrected chi connectivity index (χ2v) is 3.88. The van der Waals surface area contributed by atoms with Gasteiger partial charge in [0.1, 0.15) is 6.07 Å². The van der Waals surface area contributed by atoms with Gasteiger partial charge in [-0.2, -0.15) is 5.26 Å². The van der Waals surface area contributed by atoms with E-state index in [0.29, 0.717) is 10.0 Å². The van der Waals surface area contributed by atoms with Crippen LogP contribution in [0.2, 0.25) is 0 Å². The summed E-state index contributed by atoms with van der Waals surface area (Å²) < 4.78 is 0.663. The van der Waals surface area contributed by atoms with Gasteiger partial charge in [-0.3, -0.25) is 0 Å². The highest BCUT2D eigenvalue weighted by atomic mass is 79.9. The third-order valence-electron chi connectivity index (χ3n) is 2.03. The Kier molecular flexibility index (Phi) is 3.64. The molecule has 0 spiro atoms. The molecule has 1 aromatic rings. The standard InChI is InChI=1S/C10H11BrN2O/c1-6(14)10(13)8-4-2-3-7(5-12)9(8)11/h2-4,6,10,14H,13H2,1H3/t6-,10-/m1/s1. The highest BCUT2D eigenvalue weighted by molar-refractivity contribution is 9.10. The molecule has 0 saturated heterocycles. The summed E-state index contributed by atoms with van der Waals surface area (Å²) in [4.78, 5) is 0. The van der Waals surface area contributed by atoms with Gasteiger partial charge in [0.15, 0.2) is 0 Å². The van der Waals surface area contributed by atoms with Gasteiger partial charge in [-0.25, -0.2) is 0 Å². The van der Waals surface area contributed by atoms with Crippen molar-refractivity contribution >= 4 is 15.9 Å². The van der Waals surface area contributed by atoms with Crippen molar-refractivity contribution in [2.45, 2.75) is 19.1 Å². The third kappa shape index (κ3) is 2.13. The molecule has 4 heteroatoms. The maximum Gasteiger partial charge on any atom is 0.100 e. The third-order valence-corrected chi connectivity index (χ3v) is 2.91. The van der Waals surface area contributed by atoms with Gasteiger partial charge in [-0.15, -0.1) is 0 Å². The van der Waals surface area contributed by atoms with Crippen molar-refractivity contribution in [1.29, 1.82) is 5.26 Å². The average molecular weight is 255 g/mol. The predicted octanol–water partition coefficient (Wildman–Crippen LogP) is 1.70. The van der Waals surface area contributed by atoms with Gasteiger partial charge >= 0.3 is 0 Å². The molecule has 74 valence electrons. The van der Waals surface area contributed by atoms with Crippen molar-refractivity contribution in [3.8, 4) is 6.07 Å². The van der Waals surface area contributed by atoms with Crippen LogP contribution < -0.4 is 5.73 Å². The maximum absolute atomic E-state index is 9.33. The van der Waals surface area contributed by atoms with Crippen LogP contribution in [0, 0.1) is 11.3 Å². The molecule has 3 nitrogen and oxygen atoms in total. The van der Waals surface area contributed by atoms with Crippen molar-refractivity contribution < 1.29 is 5.11 Å². The summed E-state index contributed by atoms with van der Waals surface area (Å²) in [5, 5.41) is 18.1. The second-order valence-electron chi connectivity index (χ2n) is 3.09. The summed E-state index contributed by atoms with van der Waals surface area (Å²) in [7, 11) is 0. The highest BCUT2D eigenvalue weighted by Gasteiger charge is 2.16. The van der Waals surface area contributed by atoms with E-state index in [0.717, 1.165) is 5.56 Å². The molecule has 0 saturated carbocycles. The van der Waals surface area contributed by atoms with E-state index in [-0.39, 0.29) is 0 Å². The molecular formula is C10H11BrN2O. The van der Waals surface area contributed by atoms with Crippen molar-refractivity contribution in [1.82, 2.24) is 0 Å². The largest absolute Gasteiger partial charge is 0.391 e. The Balaban J connectivity index is 3.17. The van der Waals surface area contributed by atoms with Crippen LogP contribution in [0.15, 0.2) is 22.7 Å². The van der Waals surface area contributed by atoms with E-state index in [1.54, 1.807) is 25.1 Å². The van der Waals surface area contributed by atoms with Crippen LogP contribution >= 0.6 is 15.9 Å². The summed E-state index contributed by atoms with van der Waals surface area (Å²) >= 11 is 3.30. The lowest BCUT2D eigenvalue weighted by atomic mass is 10.0. The van der Waals surface area contributed by atoms with E-state index in [1.807, 2.05) is 6.07 Å². The number of nitriles is 1. The Labute approximate surface area is 91.3 Å². The molecule has 0 aromatic heterocycles. The minimum Gasteiger partial charge on any atom is -0.391 e. The zero-order valence-electron chi connectivity index (χ0n) is 7.74. The molecule has 0 aliphatic rings. The molecule has 0 amide bonds. The monoisotopic (exact) mass is 254 g/mol. The molecule has 2 atom stereocenters. The van der Waals surface area contributed by atoms with Gasteiger partial charge in [-0.1, -0.05) is 12.1 Å². The molecule has 0 aliphatic heterocycles. The number of nitrogens with zero attached hydrogens (tertiary/aromatic N) is 1. The van der Waals surface area contributed by atoms with Crippen LogP contribution in [0.1, 0.15) is 24.1 Å². The number of benzene rings is 1. The molecule has 0 radical (unpaired) electrons. The topological polar surface area (TPSA) is 70.0 Å². The smallest absolute Gasteiger partial charge is 0.100 e. The number of hydrogen-bond donors (Lipinski definition) is 2. The van der Waals surface area contributed by atoms with Crippen LogP contribution in [-0.4, -0.2) is 11.2 Å². The predicted molar refractivity (Wildman–Crippen MR) is 57.5 cm³/mol. The average Bonchev–Trinajstić information content (AvgIpc) is 2.17. The van der Waals surface area contributed by atoms with E-state index in [1.165, 1.54) is 0 Å². The van der Waals surface area contributed by atoms with E-state index in [2.05, 4.69) is 15.9 Å². The number of nitrogens with two attached hydrogens (primary N) is 1. The summed E-state index contributed by atoms with van der Waals surface area (Å²) in [6.45, 7) is 1.62. The Bertz CT molecular complexity index is 371. The number of hydrogen-bond acceptors (Lipinski definition) is 3. The Hall–Kier alpha value is -0.890. The Morgan fingerprint density at radius 2 is 2.21 bits per heavy atom. The number of aliphatic hydroxyl groups is 1. The van der Waals surface area contributed by atoms with Gasteiger partial charge in [0.25, 0.3) is 0 Å². The van der Waals surface area contributed by atoms with Crippen molar-refractivity contribution in [2.24, 2.45) is 5.73 Å². The molecule has 1 rings (SSSR count). The Morgan fingerprint density at radius 1 is 1.57 bits per heavy atom. The molecular weight excluding hydrogens is 244 g/mol. The summed E-state index contributed by atoms with van der Waals surface area (Å²) in [6.07, 6.45) is -0.639. The van der Waals surface area contributed by atoms with Gasteiger partial charge in [0.2, 0.25) is 0 Å². The molecule has 3 N–H and O–H groups in total. The summed E-state index contributed by atoms with van der Waals surface area (Å²) in [6, 6.07) is 6.81. The van der Waals surface area contributed by atoms with Crippen LogP contribution in [0.25, 0.3) is 0 Å². The van der Waals surface area contributed by atoms with Crippen LogP contribution in [-0.2, 0) is 0 Å². The second kappa shape index (κ2) is 4.56. The van der Waals surface area contributed by atoms with Gasteiger partial charge in [-0.05, 0) is 34.5 Å². The van der Waals surface area contributed by atoms with E-state index in [4.69, 9.17) is 11.0 Å². The van der Waals surface area contributed by atoms with Gasteiger partial charge in [0.05, 0.1) is 17.7 Å². The van der Waals surface area contributed by atoms with E-state index in [9.17, 15) is 5.11 Å². The SMILES string of the molecule is C[C@@H](O)[C@@H](N)c1cccc(C#N)c1Br. The zero-order valence-corrected chi connectivity index (χ0v) is 9.32. The lowest BCUT2D eigenvalue weighted by Gasteiger charge is -2.16. The summed E-state index contributed by atoms with van der Waals surface area (Å²) in [5.41, 5.74) is 7.05. The van der Waals surface area contributed by atoms with E-state index < -0.39 is 12.1 Å². The first-order chi connectivity index (χ1) is 6.57. The van der Waals surface area contributed by atoms with Gasteiger partial charge < -0.3 is 10.8 Å². The van der Waals surface area contributed by atoms with Crippen molar-refractivity contribution in [3.63, 3.8) is 0 Å². The van der Waals surface area contributed by atoms with E-state index >= 15 is 0 Å². The molecule has 14 heavy (non-hydrogen) atoms.